The van der Waals surface area contributed by atoms with Gasteiger partial charge < -0.3 is 10.3 Å². The fourth-order valence-electron chi connectivity index (χ4n) is 3.82. The van der Waals surface area contributed by atoms with Crippen LogP contribution in [0, 0.1) is 0 Å². The molecule has 5 rings (SSSR count). The zero-order valence-corrected chi connectivity index (χ0v) is 15.0. The molecule has 0 saturated heterocycles. The Morgan fingerprint density at radius 2 is 1.57 bits per heavy atom. The van der Waals surface area contributed by atoms with Crippen molar-refractivity contribution in [2.45, 2.75) is 13.0 Å². The molecule has 28 heavy (non-hydrogen) atoms. The number of nitrogens with two attached hydrogens (primary N) is 1. The summed E-state index contributed by atoms with van der Waals surface area (Å²) in [7, 11) is 0. The number of rotatable bonds is 4. The van der Waals surface area contributed by atoms with Crippen molar-refractivity contribution in [3.05, 3.63) is 66.0 Å². The van der Waals surface area contributed by atoms with Crippen LogP contribution in [0.25, 0.3) is 21.9 Å². The molecule has 138 valence electrons. The number of aromatic nitrogens is 3. The maximum atomic E-state index is 12.5. The fourth-order valence-corrected chi connectivity index (χ4v) is 3.82. The molecule has 7 heteroatoms. The van der Waals surface area contributed by atoms with E-state index < -0.39 is 0 Å². The van der Waals surface area contributed by atoms with Gasteiger partial charge in [0.15, 0.2) is 5.82 Å². The second-order valence-corrected chi connectivity index (χ2v) is 6.81. The molecule has 0 aliphatic carbocycles. The smallest absolute Gasteiger partial charge is 0.261 e. The van der Waals surface area contributed by atoms with Crippen molar-refractivity contribution in [1.82, 2.24) is 19.4 Å². The first-order valence-electron chi connectivity index (χ1n) is 9.09. The van der Waals surface area contributed by atoms with Crippen LogP contribution in [0.15, 0.2) is 54.9 Å². The van der Waals surface area contributed by atoms with E-state index in [9.17, 15) is 9.59 Å². The number of aryl methyl sites for hydroxylation is 1. The van der Waals surface area contributed by atoms with Gasteiger partial charge in [-0.25, -0.2) is 9.97 Å². The Kier molecular flexibility index (Phi) is 3.61. The van der Waals surface area contributed by atoms with Gasteiger partial charge in [0.2, 0.25) is 0 Å². The summed E-state index contributed by atoms with van der Waals surface area (Å²) in [6.45, 7) is 0.960. The summed E-state index contributed by atoms with van der Waals surface area (Å²) in [5, 5.41) is 0.977. The average Bonchev–Trinajstić information content (AvgIpc) is 3.24. The lowest BCUT2D eigenvalue weighted by molar-refractivity contribution is 0.0651. The molecular formula is C21H17N5O2. The molecule has 2 aromatic carbocycles. The van der Waals surface area contributed by atoms with Crippen molar-refractivity contribution < 1.29 is 9.59 Å². The van der Waals surface area contributed by atoms with Crippen LogP contribution in [0.1, 0.15) is 27.1 Å². The molecule has 0 bridgehead atoms. The van der Waals surface area contributed by atoms with Gasteiger partial charge in [-0.3, -0.25) is 14.5 Å². The van der Waals surface area contributed by atoms with Crippen LogP contribution in [0.5, 0.6) is 0 Å². The van der Waals surface area contributed by atoms with E-state index in [2.05, 4.69) is 9.97 Å². The molecule has 0 unspecified atom stereocenters. The number of hydrogen-bond acceptors (Lipinski definition) is 5. The number of carbonyl (C=O) groups excluding carboxylic acids is 2. The van der Waals surface area contributed by atoms with E-state index in [-0.39, 0.29) is 11.8 Å². The number of imide groups is 1. The average molecular weight is 371 g/mol. The van der Waals surface area contributed by atoms with Gasteiger partial charge in [0.25, 0.3) is 11.8 Å². The number of pyridine rings is 1. The summed E-state index contributed by atoms with van der Waals surface area (Å²) >= 11 is 0. The number of carbonyl (C=O) groups is 2. The van der Waals surface area contributed by atoms with E-state index in [1.165, 1.54) is 4.90 Å². The molecule has 0 saturated carbocycles. The number of imidazole rings is 1. The maximum Gasteiger partial charge on any atom is 0.261 e. The van der Waals surface area contributed by atoms with Crippen LogP contribution in [0.4, 0.5) is 5.82 Å². The van der Waals surface area contributed by atoms with Crippen LogP contribution < -0.4 is 5.73 Å². The van der Waals surface area contributed by atoms with Crippen LogP contribution >= 0.6 is 0 Å². The predicted octanol–water partition coefficient (Wildman–Crippen LogP) is 2.85. The Labute approximate surface area is 160 Å². The summed E-state index contributed by atoms with van der Waals surface area (Å²) in [6, 6.07) is 14.7. The SMILES string of the molecule is Nc1nc2ccccc2c2c1ncn2CCCN1C(=O)c2ccccc2C1=O. The molecular weight excluding hydrogens is 354 g/mol. The highest BCUT2D eigenvalue weighted by molar-refractivity contribution is 6.21. The predicted molar refractivity (Wildman–Crippen MR) is 106 cm³/mol. The van der Waals surface area contributed by atoms with Gasteiger partial charge in [0, 0.05) is 18.5 Å². The van der Waals surface area contributed by atoms with E-state index in [0.717, 1.165) is 16.4 Å². The number of nitrogens with zero attached hydrogens (tertiary/aromatic N) is 4. The molecule has 0 spiro atoms. The lowest BCUT2D eigenvalue weighted by Gasteiger charge is -2.14. The minimum absolute atomic E-state index is 0.227. The number of para-hydroxylation sites is 1. The third-order valence-electron chi connectivity index (χ3n) is 5.14. The molecule has 1 aliphatic rings. The van der Waals surface area contributed by atoms with Crippen molar-refractivity contribution >= 4 is 39.6 Å². The molecule has 0 atom stereocenters. The highest BCUT2D eigenvalue weighted by Gasteiger charge is 2.34. The molecule has 2 N–H and O–H groups in total. The minimum atomic E-state index is -0.227. The number of hydrogen-bond donors (Lipinski definition) is 1. The van der Waals surface area contributed by atoms with Crippen LogP contribution in [-0.4, -0.2) is 37.8 Å². The van der Waals surface area contributed by atoms with E-state index >= 15 is 0 Å². The lowest BCUT2D eigenvalue weighted by Crippen LogP contribution is -2.31. The monoisotopic (exact) mass is 371 g/mol. The Bertz CT molecular complexity index is 1230. The molecule has 7 nitrogen and oxygen atoms in total. The van der Waals surface area contributed by atoms with E-state index in [1.807, 2.05) is 28.8 Å². The van der Waals surface area contributed by atoms with Crippen LogP contribution in [0.2, 0.25) is 0 Å². The zero-order valence-electron chi connectivity index (χ0n) is 15.0. The van der Waals surface area contributed by atoms with Gasteiger partial charge in [0.05, 0.1) is 28.5 Å². The van der Waals surface area contributed by atoms with Crippen molar-refractivity contribution in [2.24, 2.45) is 0 Å². The van der Waals surface area contributed by atoms with Crippen LogP contribution in [0.3, 0.4) is 0 Å². The second-order valence-electron chi connectivity index (χ2n) is 6.81. The van der Waals surface area contributed by atoms with Gasteiger partial charge in [-0.15, -0.1) is 0 Å². The molecule has 0 radical (unpaired) electrons. The summed E-state index contributed by atoms with van der Waals surface area (Å²) in [5.41, 5.74) is 9.42. The molecule has 3 heterocycles. The lowest BCUT2D eigenvalue weighted by atomic mass is 10.1. The minimum Gasteiger partial charge on any atom is -0.382 e. The quantitative estimate of drug-likeness (QED) is 0.557. The standard InChI is InChI=1S/C21H17N5O2/c22-19-17-18(15-8-3-4-9-16(15)24-19)25(12-23-17)10-5-11-26-20(27)13-6-1-2-7-14(13)21(26)28/h1-4,6-9,12H,5,10-11H2,(H2,22,24). The van der Waals surface area contributed by atoms with Gasteiger partial charge in [-0.2, -0.15) is 0 Å². The zero-order chi connectivity index (χ0) is 19.3. The van der Waals surface area contributed by atoms with E-state index in [0.29, 0.717) is 42.0 Å². The summed E-state index contributed by atoms with van der Waals surface area (Å²) in [4.78, 5) is 35.1. The molecule has 2 amide bonds. The number of fused-ring (bicyclic) bond motifs is 4. The van der Waals surface area contributed by atoms with Crippen molar-refractivity contribution in [3.63, 3.8) is 0 Å². The molecule has 4 aromatic rings. The van der Waals surface area contributed by atoms with Gasteiger partial charge >= 0.3 is 0 Å². The summed E-state index contributed by atoms with van der Waals surface area (Å²) in [5.74, 6) is -0.0576. The maximum absolute atomic E-state index is 12.5. The van der Waals surface area contributed by atoms with Gasteiger partial charge in [-0.05, 0) is 24.6 Å². The van der Waals surface area contributed by atoms with Crippen molar-refractivity contribution in [2.75, 3.05) is 12.3 Å². The van der Waals surface area contributed by atoms with Crippen molar-refractivity contribution in [1.29, 1.82) is 0 Å². The highest BCUT2D eigenvalue weighted by Crippen LogP contribution is 2.27. The van der Waals surface area contributed by atoms with E-state index in [1.54, 1.807) is 30.6 Å². The number of anilines is 1. The first-order valence-corrected chi connectivity index (χ1v) is 9.09. The normalized spacial score (nSPS) is 13.6. The Balaban J connectivity index is 1.41. The molecule has 0 fully saturated rings. The van der Waals surface area contributed by atoms with Gasteiger partial charge in [0.1, 0.15) is 5.52 Å². The topological polar surface area (TPSA) is 94.1 Å². The molecule has 2 aromatic heterocycles. The second kappa shape index (κ2) is 6.16. The Hall–Kier alpha value is -3.74. The number of amides is 2. The van der Waals surface area contributed by atoms with Crippen LogP contribution in [-0.2, 0) is 6.54 Å². The number of nitrogen functional groups attached to an aromatic ring is 1. The van der Waals surface area contributed by atoms with E-state index in [4.69, 9.17) is 5.73 Å². The first kappa shape index (κ1) is 16.4. The first-order chi connectivity index (χ1) is 13.6. The Morgan fingerprint density at radius 3 is 2.32 bits per heavy atom. The third-order valence-corrected chi connectivity index (χ3v) is 5.14. The van der Waals surface area contributed by atoms with Gasteiger partial charge in [-0.1, -0.05) is 30.3 Å². The summed E-state index contributed by atoms with van der Waals surface area (Å²) in [6.07, 6.45) is 2.35. The number of benzene rings is 2. The largest absolute Gasteiger partial charge is 0.382 e. The summed E-state index contributed by atoms with van der Waals surface area (Å²) < 4.78 is 2.01. The third kappa shape index (κ3) is 2.36. The fraction of sp³-hybridized carbons (Fsp3) is 0.143. The highest BCUT2D eigenvalue weighted by atomic mass is 16.2. The molecule has 1 aliphatic heterocycles. The Morgan fingerprint density at radius 1 is 0.893 bits per heavy atom. The van der Waals surface area contributed by atoms with Crippen molar-refractivity contribution in [3.8, 4) is 0 Å².